The first kappa shape index (κ1) is 15.1. The maximum atomic E-state index is 3.86. The van der Waals surface area contributed by atoms with Crippen LogP contribution in [-0.2, 0) is 5.54 Å². The topological polar surface area (TPSA) is 15.3 Å². The van der Waals surface area contributed by atoms with E-state index in [1.807, 2.05) is 0 Å². The maximum Gasteiger partial charge on any atom is 0.0560 e. The third kappa shape index (κ3) is 2.89. The predicted molar refractivity (Wildman–Crippen MR) is 89.4 cm³/mol. The van der Waals surface area contributed by atoms with Crippen LogP contribution in [0.15, 0.2) is 30.3 Å². The highest BCUT2D eigenvalue weighted by atomic mass is 15.3. The van der Waals surface area contributed by atoms with E-state index >= 15 is 0 Å². The van der Waals surface area contributed by atoms with Gasteiger partial charge in [-0.1, -0.05) is 44.2 Å². The highest BCUT2D eigenvalue weighted by Gasteiger charge is 2.45. The molecule has 1 aliphatic carbocycles. The van der Waals surface area contributed by atoms with Gasteiger partial charge < -0.3 is 5.32 Å². The molecule has 21 heavy (non-hydrogen) atoms. The van der Waals surface area contributed by atoms with Crippen LogP contribution in [0.1, 0.15) is 52.0 Å². The minimum Gasteiger partial charge on any atom is -0.310 e. The SMILES string of the molecule is CCC(CC)N1CC(C2CC2)NCC1(C)c1ccccc1. The van der Waals surface area contributed by atoms with Crippen molar-refractivity contribution >= 4 is 0 Å². The summed E-state index contributed by atoms with van der Waals surface area (Å²) in [6.07, 6.45) is 5.35. The van der Waals surface area contributed by atoms with E-state index in [0.29, 0.717) is 12.1 Å². The number of hydrogen-bond donors (Lipinski definition) is 1. The Balaban J connectivity index is 1.89. The summed E-state index contributed by atoms with van der Waals surface area (Å²) in [7, 11) is 0. The van der Waals surface area contributed by atoms with Crippen molar-refractivity contribution in [2.45, 2.75) is 64.1 Å². The van der Waals surface area contributed by atoms with Crippen LogP contribution in [0.25, 0.3) is 0 Å². The van der Waals surface area contributed by atoms with Crippen molar-refractivity contribution in [3.05, 3.63) is 35.9 Å². The van der Waals surface area contributed by atoms with Crippen LogP contribution in [0.5, 0.6) is 0 Å². The Labute approximate surface area is 129 Å². The fourth-order valence-corrected chi connectivity index (χ4v) is 4.07. The molecule has 1 N–H and O–H groups in total. The highest BCUT2D eigenvalue weighted by molar-refractivity contribution is 5.26. The van der Waals surface area contributed by atoms with Crippen LogP contribution in [0.4, 0.5) is 0 Å². The van der Waals surface area contributed by atoms with Gasteiger partial charge in [-0.25, -0.2) is 0 Å². The Morgan fingerprint density at radius 3 is 2.43 bits per heavy atom. The quantitative estimate of drug-likeness (QED) is 0.886. The number of benzene rings is 1. The first-order chi connectivity index (χ1) is 10.2. The van der Waals surface area contributed by atoms with Gasteiger partial charge in [-0.3, -0.25) is 4.90 Å². The van der Waals surface area contributed by atoms with Gasteiger partial charge in [0, 0.05) is 25.2 Å². The van der Waals surface area contributed by atoms with Crippen LogP contribution in [0.3, 0.4) is 0 Å². The van der Waals surface area contributed by atoms with Gasteiger partial charge in [-0.2, -0.15) is 0 Å². The van der Waals surface area contributed by atoms with Gasteiger partial charge >= 0.3 is 0 Å². The van der Waals surface area contributed by atoms with Crippen molar-refractivity contribution in [3.63, 3.8) is 0 Å². The molecule has 0 amide bonds. The van der Waals surface area contributed by atoms with Crippen LogP contribution < -0.4 is 5.32 Å². The molecule has 2 fully saturated rings. The largest absolute Gasteiger partial charge is 0.310 e. The van der Waals surface area contributed by atoms with Gasteiger partial charge in [-0.15, -0.1) is 0 Å². The average Bonchev–Trinajstić information content (AvgIpc) is 3.36. The van der Waals surface area contributed by atoms with Crippen LogP contribution >= 0.6 is 0 Å². The second-order valence-electron chi connectivity index (χ2n) is 7.09. The minimum atomic E-state index is 0.128. The standard InChI is InChI=1S/C19H30N2/c1-4-17(5-2)21-13-18(15-11-12-15)20-14-19(21,3)16-9-7-6-8-10-16/h6-10,15,17-18,20H,4-5,11-14H2,1-3H3. The van der Waals surface area contributed by atoms with Gasteiger partial charge in [0.05, 0.1) is 5.54 Å². The van der Waals surface area contributed by atoms with Crippen molar-refractivity contribution in [2.75, 3.05) is 13.1 Å². The lowest BCUT2D eigenvalue weighted by atomic mass is 9.84. The smallest absolute Gasteiger partial charge is 0.0560 e. The van der Waals surface area contributed by atoms with E-state index in [-0.39, 0.29) is 5.54 Å². The number of nitrogens with zero attached hydrogens (tertiary/aromatic N) is 1. The van der Waals surface area contributed by atoms with E-state index in [1.165, 1.54) is 37.8 Å². The Morgan fingerprint density at radius 2 is 1.86 bits per heavy atom. The summed E-state index contributed by atoms with van der Waals surface area (Å²) in [5.74, 6) is 0.933. The lowest BCUT2D eigenvalue weighted by Gasteiger charge is -2.52. The number of piperazine rings is 1. The zero-order valence-electron chi connectivity index (χ0n) is 13.8. The third-order valence-electron chi connectivity index (χ3n) is 5.71. The highest BCUT2D eigenvalue weighted by Crippen LogP contribution is 2.40. The van der Waals surface area contributed by atoms with Gasteiger partial charge in [0.15, 0.2) is 0 Å². The molecule has 0 bridgehead atoms. The second-order valence-corrected chi connectivity index (χ2v) is 7.09. The molecule has 0 radical (unpaired) electrons. The molecule has 2 atom stereocenters. The normalized spacial score (nSPS) is 30.8. The Morgan fingerprint density at radius 1 is 1.19 bits per heavy atom. The van der Waals surface area contributed by atoms with Crippen molar-refractivity contribution in [2.24, 2.45) is 5.92 Å². The van der Waals surface area contributed by atoms with E-state index in [4.69, 9.17) is 0 Å². The minimum absolute atomic E-state index is 0.128. The van der Waals surface area contributed by atoms with Gasteiger partial charge in [0.25, 0.3) is 0 Å². The monoisotopic (exact) mass is 286 g/mol. The van der Waals surface area contributed by atoms with E-state index in [9.17, 15) is 0 Å². The Hall–Kier alpha value is -0.860. The summed E-state index contributed by atoms with van der Waals surface area (Å²) >= 11 is 0. The van der Waals surface area contributed by atoms with Crippen molar-refractivity contribution in [1.29, 1.82) is 0 Å². The first-order valence-corrected chi connectivity index (χ1v) is 8.74. The van der Waals surface area contributed by atoms with Gasteiger partial charge in [-0.05, 0) is 44.1 Å². The summed E-state index contributed by atoms with van der Waals surface area (Å²) < 4.78 is 0. The van der Waals surface area contributed by atoms with Crippen LogP contribution in [-0.4, -0.2) is 30.1 Å². The van der Waals surface area contributed by atoms with Crippen molar-refractivity contribution in [1.82, 2.24) is 10.2 Å². The molecule has 1 aliphatic heterocycles. The first-order valence-electron chi connectivity index (χ1n) is 8.74. The molecule has 1 saturated carbocycles. The molecule has 2 nitrogen and oxygen atoms in total. The molecule has 3 rings (SSSR count). The molecule has 1 saturated heterocycles. The zero-order valence-corrected chi connectivity index (χ0v) is 13.8. The van der Waals surface area contributed by atoms with Crippen molar-refractivity contribution < 1.29 is 0 Å². The fourth-order valence-electron chi connectivity index (χ4n) is 4.07. The summed E-state index contributed by atoms with van der Waals surface area (Å²) in [5.41, 5.74) is 1.59. The summed E-state index contributed by atoms with van der Waals surface area (Å²) in [4.78, 5) is 2.81. The lowest BCUT2D eigenvalue weighted by Crippen LogP contribution is -2.64. The van der Waals surface area contributed by atoms with Gasteiger partial charge in [0.2, 0.25) is 0 Å². The predicted octanol–water partition coefficient (Wildman–Crippen LogP) is 3.77. The van der Waals surface area contributed by atoms with Crippen molar-refractivity contribution in [3.8, 4) is 0 Å². The van der Waals surface area contributed by atoms with Crippen LogP contribution in [0, 0.1) is 5.92 Å². The Kier molecular flexibility index (Phi) is 4.37. The van der Waals surface area contributed by atoms with E-state index < -0.39 is 0 Å². The molecular weight excluding hydrogens is 256 g/mol. The summed E-state index contributed by atoms with van der Waals surface area (Å²) in [6.45, 7) is 9.40. The molecule has 2 unspecified atom stereocenters. The molecule has 1 aromatic rings. The lowest BCUT2D eigenvalue weighted by molar-refractivity contribution is 0.00263. The summed E-state index contributed by atoms with van der Waals surface area (Å²) in [6, 6.07) is 12.5. The third-order valence-corrected chi connectivity index (χ3v) is 5.71. The molecule has 0 spiro atoms. The molecule has 2 aliphatic rings. The van der Waals surface area contributed by atoms with E-state index in [1.54, 1.807) is 0 Å². The maximum absolute atomic E-state index is 3.86. The van der Waals surface area contributed by atoms with E-state index in [2.05, 4.69) is 61.3 Å². The molecule has 0 aromatic heterocycles. The number of hydrogen-bond acceptors (Lipinski definition) is 2. The number of rotatable bonds is 5. The molecule has 1 aromatic carbocycles. The molecule has 1 heterocycles. The number of nitrogens with one attached hydrogen (secondary N) is 1. The average molecular weight is 286 g/mol. The summed E-state index contributed by atoms with van der Waals surface area (Å²) in [5, 5.41) is 3.86. The Bertz CT molecular complexity index is 450. The van der Waals surface area contributed by atoms with E-state index in [0.717, 1.165) is 12.5 Å². The van der Waals surface area contributed by atoms with Crippen LogP contribution in [0.2, 0.25) is 0 Å². The zero-order chi connectivity index (χ0) is 14.9. The molecule has 2 heteroatoms. The fraction of sp³-hybridized carbons (Fsp3) is 0.684. The molecule has 116 valence electrons. The molecular formula is C19H30N2. The second kappa shape index (κ2) is 6.10. The van der Waals surface area contributed by atoms with Gasteiger partial charge in [0.1, 0.15) is 0 Å².